The lowest BCUT2D eigenvalue weighted by Gasteiger charge is -2.19. The summed E-state index contributed by atoms with van der Waals surface area (Å²) in [5.41, 5.74) is 8.99. The smallest absolute Gasteiger partial charge is 0.319 e. The van der Waals surface area contributed by atoms with E-state index in [1.54, 1.807) is 30.3 Å². The van der Waals surface area contributed by atoms with Crippen LogP contribution in [0.2, 0.25) is 5.02 Å². The van der Waals surface area contributed by atoms with Gasteiger partial charge in [-0.25, -0.2) is 4.79 Å². The molecule has 7 nitrogen and oxygen atoms in total. The van der Waals surface area contributed by atoms with Gasteiger partial charge in [-0.3, -0.25) is 4.79 Å². The quantitative estimate of drug-likeness (QED) is 0.293. The Kier molecular flexibility index (Phi) is 8.29. The molecule has 0 saturated carbocycles. The molecule has 1 unspecified atom stereocenters. The molecule has 33 heavy (non-hydrogen) atoms. The summed E-state index contributed by atoms with van der Waals surface area (Å²) >= 11 is 6.22. The lowest BCUT2D eigenvalue weighted by molar-refractivity contribution is -0.137. The van der Waals surface area contributed by atoms with Crippen molar-refractivity contribution in [1.82, 2.24) is 5.32 Å². The number of amides is 2. The van der Waals surface area contributed by atoms with E-state index in [-0.39, 0.29) is 17.9 Å². The minimum absolute atomic E-state index is 0.0763. The number of rotatable bonds is 9. The van der Waals surface area contributed by atoms with Crippen LogP contribution in [0, 0.1) is 0 Å². The predicted molar refractivity (Wildman–Crippen MR) is 128 cm³/mol. The largest absolute Gasteiger partial charge is 0.505 e. The molecule has 0 bridgehead atoms. The summed E-state index contributed by atoms with van der Waals surface area (Å²) in [6.07, 6.45) is 0.918. The monoisotopic (exact) mass is 467 g/mol. The van der Waals surface area contributed by atoms with Crippen molar-refractivity contribution < 1.29 is 19.8 Å². The van der Waals surface area contributed by atoms with E-state index in [2.05, 4.69) is 10.6 Å². The van der Waals surface area contributed by atoms with Crippen LogP contribution in [0.5, 0.6) is 5.75 Å². The number of carboxylic acid groups (broad SMARTS) is 1. The van der Waals surface area contributed by atoms with E-state index >= 15 is 0 Å². The molecular weight excluding hydrogens is 442 g/mol. The predicted octanol–water partition coefficient (Wildman–Crippen LogP) is 4.63. The molecule has 8 heteroatoms. The Hall–Kier alpha value is -3.55. The second kappa shape index (κ2) is 11.4. The maximum absolute atomic E-state index is 12.7. The number of nitrogens with one attached hydrogen (secondary N) is 2. The number of hydrogen-bond donors (Lipinski definition) is 5. The van der Waals surface area contributed by atoms with Gasteiger partial charge in [-0.15, -0.1) is 0 Å². The lowest BCUT2D eigenvalue weighted by Crippen LogP contribution is -2.33. The molecule has 0 aliphatic rings. The molecule has 3 rings (SSSR count). The van der Waals surface area contributed by atoms with Crippen molar-refractivity contribution in [2.24, 2.45) is 5.73 Å². The van der Waals surface area contributed by atoms with Gasteiger partial charge in [-0.1, -0.05) is 66.2 Å². The third-order valence-electron chi connectivity index (χ3n) is 5.23. The molecule has 0 radical (unpaired) electrons. The Balaban J connectivity index is 1.73. The minimum atomic E-state index is -1.06. The van der Waals surface area contributed by atoms with Gasteiger partial charge >= 0.3 is 12.0 Å². The second-order valence-corrected chi connectivity index (χ2v) is 8.08. The highest BCUT2D eigenvalue weighted by Crippen LogP contribution is 2.32. The number of hydrogen-bond acceptors (Lipinski definition) is 4. The molecular formula is C25H26ClN3O4. The summed E-state index contributed by atoms with van der Waals surface area (Å²) < 4.78 is 0. The van der Waals surface area contributed by atoms with Crippen LogP contribution in [-0.2, 0) is 24.2 Å². The van der Waals surface area contributed by atoms with Crippen LogP contribution in [-0.4, -0.2) is 22.2 Å². The van der Waals surface area contributed by atoms with Gasteiger partial charge in [0, 0.05) is 11.6 Å². The van der Waals surface area contributed by atoms with Crippen molar-refractivity contribution in [3.05, 3.63) is 94.0 Å². The number of carbonyl (C=O) groups excluding carboxylic acids is 1. The molecule has 0 aromatic heterocycles. The maximum atomic E-state index is 12.7. The number of urea groups is 1. The number of nitrogens with two attached hydrogens (primary N) is 1. The number of phenols is 1. The van der Waals surface area contributed by atoms with Gasteiger partial charge in [-0.2, -0.15) is 0 Å². The van der Waals surface area contributed by atoms with Crippen LogP contribution >= 0.6 is 11.6 Å². The molecule has 172 valence electrons. The molecule has 0 heterocycles. The lowest BCUT2D eigenvalue weighted by atomic mass is 10.0. The van der Waals surface area contributed by atoms with Crippen LogP contribution in [0.3, 0.4) is 0 Å². The molecule has 2 amide bonds. The summed E-state index contributed by atoms with van der Waals surface area (Å²) in [6.45, 7) is 0.360. The van der Waals surface area contributed by atoms with Crippen LogP contribution in [0.4, 0.5) is 10.5 Å². The third-order valence-corrected chi connectivity index (χ3v) is 5.45. The van der Waals surface area contributed by atoms with Crippen molar-refractivity contribution in [3.63, 3.8) is 0 Å². The highest BCUT2D eigenvalue weighted by molar-refractivity contribution is 6.31. The zero-order chi connectivity index (χ0) is 23.8. The molecule has 0 spiro atoms. The number of aryl methyl sites for hydroxylation is 2. The van der Waals surface area contributed by atoms with Crippen molar-refractivity contribution in [3.8, 4) is 5.75 Å². The van der Waals surface area contributed by atoms with Crippen LogP contribution in [0.15, 0.2) is 66.7 Å². The first-order valence-electron chi connectivity index (χ1n) is 10.5. The van der Waals surface area contributed by atoms with E-state index in [1.807, 2.05) is 30.3 Å². The van der Waals surface area contributed by atoms with Gasteiger partial charge in [0.1, 0.15) is 5.75 Å². The van der Waals surface area contributed by atoms with Crippen LogP contribution < -0.4 is 16.4 Å². The van der Waals surface area contributed by atoms with Gasteiger partial charge in [0.2, 0.25) is 0 Å². The SMILES string of the molecule is NCc1ccc(C(CC(=O)O)NC(=O)Nc2cc(Cl)cc(CCc3ccccc3)c2O)cc1. The Morgan fingerprint density at radius 2 is 1.67 bits per heavy atom. The number of carbonyl (C=O) groups is 2. The van der Waals surface area contributed by atoms with E-state index in [1.165, 1.54) is 6.07 Å². The van der Waals surface area contributed by atoms with E-state index in [4.69, 9.17) is 17.3 Å². The summed E-state index contributed by atoms with van der Waals surface area (Å²) in [7, 11) is 0. The topological polar surface area (TPSA) is 125 Å². The fourth-order valence-corrected chi connectivity index (χ4v) is 3.74. The fourth-order valence-electron chi connectivity index (χ4n) is 3.49. The normalized spacial score (nSPS) is 11.6. The summed E-state index contributed by atoms with van der Waals surface area (Å²) in [4.78, 5) is 24.0. The molecule has 1 atom stereocenters. The Morgan fingerprint density at radius 3 is 2.30 bits per heavy atom. The molecule has 0 fully saturated rings. The molecule has 0 saturated heterocycles. The van der Waals surface area contributed by atoms with E-state index in [9.17, 15) is 19.8 Å². The van der Waals surface area contributed by atoms with Crippen molar-refractivity contribution in [2.45, 2.75) is 31.8 Å². The zero-order valence-electron chi connectivity index (χ0n) is 17.9. The van der Waals surface area contributed by atoms with E-state index < -0.39 is 18.0 Å². The highest BCUT2D eigenvalue weighted by Gasteiger charge is 2.20. The van der Waals surface area contributed by atoms with Gasteiger partial charge in [0.15, 0.2) is 0 Å². The van der Waals surface area contributed by atoms with Gasteiger partial charge < -0.3 is 26.6 Å². The van der Waals surface area contributed by atoms with E-state index in [0.29, 0.717) is 35.5 Å². The highest BCUT2D eigenvalue weighted by atomic mass is 35.5. The Bertz CT molecular complexity index is 1100. The van der Waals surface area contributed by atoms with Crippen LogP contribution in [0.25, 0.3) is 0 Å². The maximum Gasteiger partial charge on any atom is 0.319 e. The Morgan fingerprint density at radius 1 is 0.970 bits per heavy atom. The molecule has 3 aromatic rings. The van der Waals surface area contributed by atoms with Crippen molar-refractivity contribution in [1.29, 1.82) is 0 Å². The number of halogens is 1. The van der Waals surface area contributed by atoms with E-state index in [0.717, 1.165) is 11.1 Å². The average Bonchev–Trinajstić information content (AvgIpc) is 2.80. The van der Waals surface area contributed by atoms with Gasteiger partial charge in [-0.05, 0) is 47.2 Å². The molecule has 6 N–H and O–H groups in total. The third kappa shape index (κ3) is 6.97. The number of benzene rings is 3. The second-order valence-electron chi connectivity index (χ2n) is 7.64. The average molecular weight is 468 g/mol. The van der Waals surface area contributed by atoms with Crippen LogP contribution in [0.1, 0.15) is 34.7 Å². The van der Waals surface area contributed by atoms with Gasteiger partial charge in [0.25, 0.3) is 0 Å². The number of aromatic hydroxyl groups is 1. The Labute approximate surface area is 197 Å². The first kappa shape index (κ1) is 24.1. The first-order valence-corrected chi connectivity index (χ1v) is 10.9. The summed E-state index contributed by atoms with van der Waals surface area (Å²) in [5.74, 6) is -1.13. The number of phenolic OH excluding ortho intramolecular Hbond substituents is 1. The summed E-state index contributed by atoms with van der Waals surface area (Å²) in [5, 5.41) is 25.6. The molecule has 0 aliphatic heterocycles. The van der Waals surface area contributed by atoms with Gasteiger partial charge in [0.05, 0.1) is 18.2 Å². The van der Waals surface area contributed by atoms with Crippen molar-refractivity contribution >= 4 is 29.3 Å². The van der Waals surface area contributed by atoms with Crippen molar-refractivity contribution in [2.75, 3.05) is 5.32 Å². The first-order chi connectivity index (χ1) is 15.9. The number of anilines is 1. The zero-order valence-corrected chi connectivity index (χ0v) is 18.7. The molecule has 0 aliphatic carbocycles. The number of carboxylic acids is 1. The summed E-state index contributed by atoms with van der Waals surface area (Å²) in [6, 6.07) is 18.5. The fraction of sp³-hybridized carbons (Fsp3) is 0.200. The standard InChI is InChI=1S/C25H26ClN3O4/c26-20-12-19(11-6-16-4-2-1-3-5-16)24(32)22(13-20)29-25(33)28-21(14-23(30)31)18-9-7-17(15-27)8-10-18/h1-5,7-10,12-13,21,32H,6,11,14-15,27H2,(H,30,31)(H2,28,29,33). The molecule has 3 aromatic carbocycles. The number of aliphatic carboxylic acids is 1. The minimum Gasteiger partial charge on any atom is -0.505 e.